The van der Waals surface area contributed by atoms with Crippen molar-refractivity contribution in [2.75, 3.05) is 13.1 Å². The van der Waals surface area contributed by atoms with E-state index in [4.69, 9.17) is 5.73 Å². The molecule has 1 fully saturated rings. The van der Waals surface area contributed by atoms with Crippen molar-refractivity contribution in [1.82, 2.24) is 5.32 Å². The first kappa shape index (κ1) is 15.0. The maximum atomic E-state index is 12.1. The van der Waals surface area contributed by atoms with E-state index >= 15 is 0 Å². The molecule has 4 heteroatoms. The lowest BCUT2D eigenvalue weighted by molar-refractivity contribution is -0.126. The van der Waals surface area contributed by atoms with Crippen molar-refractivity contribution in [3.05, 3.63) is 35.9 Å². The highest BCUT2D eigenvalue weighted by Gasteiger charge is 2.25. The zero-order valence-corrected chi connectivity index (χ0v) is 11.8. The number of nitrogens with one attached hydrogen (secondary N) is 1. The largest absolute Gasteiger partial charge is 0.387 e. The molecule has 1 aliphatic rings. The lowest BCUT2D eigenvalue weighted by Gasteiger charge is -2.27. The van der Waals surface area contributed by atoms with Crippen molar-refractivity contribution in [2.45, 2.75) is 31.8 Å². The third-order valence-electron chi connectivity index (χ3n) is 4.20. The van der Waals surface area contributed by atoms with Gasteiger partial charge in [0.2, 0.25) is 5.91 Å². The minimum atomic E-state index is -0.638. The monoisotopic (exact) mass is 276 g/mol. The minimum absolute atomic E-state index is 0.0652. The van der Waals surface area contributed by atoms with Gasteiger partial charge in [0.1, 0.15) is 0 Å². The second-order valence-electron chi connectivity index (χ2n) is 5.62. The molecule has 1 aromatic carbocycles. The normalized spacial score (nSPS) is 24.1. The maximum absolute atomic E-state index is 12.1. The van der Waals surface area contributed by atoms with Crippen LogP contribution in [0.1, 0.15) is 37.4 Å². The molecule has 4 nitrogen and oxygen atoms in total. The van der Waals surface area contributed by atoms with Crippen molar-refractivity contribution in [3.8, 4) is 0 Å². The number of carbonyl (C=O) groups is 1. The van der Waals surface area contributed by atoms with E-state index < -0.39 is 6.10 Å². The molecule has 0 radical (unpaired) electrons. The van der Waals surface area contributed by atoms with Crippen molar-refractivity contribution >= 4 is 5.91 Å². The molecule has 0 saturated heterocycles. The van der Waals surface area contributed by atoms with E-state index in [1.165, 1.54) is 0 Å². The zero-order chi connectivity index (χ0) is 14.4. The summed E-state index contributed by atoms with van der Waals surface area (Å²) in [6.45, 7) is 1.00. The summed E-state index contributed by atoms with van der Waals surface area (Å²) < 4.78 is 0. The molecule has 20 heavy (non-hydrogen) atoms. The molecule has 1 amide bonds. The molecule has 1 unspecified atom stereocenters. The highest BCUT2D eigenvalue weighted by Crippen LogP contribution is 2.28. The quantitative estimate of drug-likeness (QED) is 0.764. The van der Waals surface area contributed by atoms with E-state index in [1.54, 1.807) is 0 Å². The van der Waals surface area contributed by atoms with Crippen LogP contribution >= 0.6 is 0 Å². The Morgan fingerprint density at radius 2 is 1.90 bits per heavy atom. The predicted molar refractivity (Wildman–Crippen MR) is 78.9 cm³/mol. The Balaban J connectivity index is 1.75. The standard InChI is InChI=1S/C16H24N2O2/c17-10-12-6-8-14(9-7-12)16(20)18-11-15(19)13-4-2-1-3-5-13/h1-5,12,14-15,19H,6-11,17H2,(H,18,20). The van der Waals surface area contributed by atoms with Crippen LogP contribution in [-0.4, -0.2) is 24.1 Å². The molecular formula is C16H24N2O2. The van der Waals surface area contributed by atoms with Gasteiger partial charge in [-0.05, 0) is 43.7 Å². The summed E-state index contributed by atoms with van der Waals surface area (Å²) >= 11 is 0. The van der Waals surface area contributed by atoms with Gasteiger partial charge in [0, 0.05) is 12.5 Å². The molecule has 4 N–H and O–H groups in total. The summed E-state index contributed by atoms with van der Waals surface area (Å²) in [5, 5.41) is 12.9. The fourth-order valence-electron chi connectivity index (χ4n) is 2.79. The van der Waals surface area contributed by atoms with Crippen LogP contribution in [0.15, 0.2) is 30.3 Å². The summed E-state index contributed by atoms with van der Waals surface area (Å²) in [7, 11) is 0. The molecule has 1 aromatic rings. The van der Waals surface area contributed by atoms with E-state index in [0.717, 1.165) is 37.8 Å². The summed E-state index contributed by atoms with van der Waals surface area (Å²) in [4.78, 5) is 12.1. The van der Waals surface area contributed by atoms with Gasteiger partial charge < -0.3 is 16.2 Å². The Hall–Kier alpha value is -1.39. The Bertz CT molecular complexity index is 414. The third kappa shape index (κ3) is 4.05. The first-order valence-corrected chi connectivity index (χ1v) is 7.41. The number of amides is 1. The minimum Gasteiger partial charge on any atom is -0.387 e. The molecular weight excluding hydrogens is 252 g/mol. The van der Waals surface area contributed by atoms with Gasteiger partial charge in [0.15, 0.2) is 0 Å². The Labute approximate surface area is 120 Å². The lowest BCUT2D eigenvalue weighted by Crippen LogP contribution is -2.36. The van der Waals surface area contributed by atoms with Crippen LogP contribution in [0.3, 0.4) is 0 Å². The number of hydrogen-bond acceptors (Lipinski definition) is 3. The third-order valence-corrected chi connectivity index (χ3v) is 4.20. The van der Waals surface area contributed by atoms with Crippen LogP contribution < -0.4 is 11.1 Å². The smallest absolute Gasteiger partial charge is 0.223 e. The summed E-state index contributed by atoms with van der Waals surface area (Å²) in [6, 6.07) is 9.40. The van der Waals surface area contributed by atoms with Crippen LogP contribution in [0.5, 0.6) is 0 Å². The van der Waals surface area contributed by atoms with Crippen molar-refractivity contribution < 1.29 is 9.90 Å². The molecule has 0 bridgehead atoms. The Morgan fingerprint density at radius 1 is 1.25 bits per heavy atom. The second kappa shape index (κ2) is 7.41. The van der Waals surface area contributed by atoms with E-state index in [2.05, 4.69) is 5.32 Å². The highest BCUT2D eigenvalue weighted by molar-refractivity contribution is 5.78. The number of aliphatic hydroxyl groups excluding tert-OH is 1. The van der Waals surface area contributed by atoms with E-state index in [-0.39, 0.29) is 18.4 Å². The summed E-state index contributed by atoms with van der Waals surface area (Å²) in [5.74, 6) is 0.727. The SMILES string of the molecule is NCC1CCC(C(=O)NCC(O)c2ccccc2)CC1. The summed E-state index contributed by atoms with van der Waals surface area (Å²) in [6.07, 6.45) is 3.26. The van der Waals surface area contributed by atoms with Gasteiger partial charge in [0.25, 0.3) is 0 Å². The number of carbonyl (C=O) groups excluding carboxylic acids is 1. The van der Waals surface area contributed by atoms with Gasteiger partial charge in [-0.1, -0.05) is 30.3 Å². The molecule has 110 valence electrons. The van der Waals surface area contributed by atoms with Crippen LogP contribution in [0.4, 0.5) is 0 Å². The zero-order valence-electron chi connectivity index (χ0n) is 11.8. The maximum Gasteiger partial charge on any atom is 0.223 e. The molecule has 0 aliphatic heterocycles. The van der Waals surface area contributed by atoms with Crippen molar-refractivity contribution in [3.63, 3.8) is 0 Å². The topological polar surface area (TPSA) is 75.4 Å². The van der Waals surface area contributed by atoms with E-state index in [9.17, 15) is 9.90 Å². The first-order valence-electron chi connectivity index (χ1n) is 7.41. The van der Waals surface area contributed by atoms with Gasteiger partial charge in [-0.15, -0.1) is 0 Å². The number of rotatable bonds is 5. The summed E-state index contributed by atoms with van der Waals surface area (Å²) in [5.41, 5.74) is 6.49. The number of benzene rings is 1. The fourth-order valence-corrected chi connectivity index (χ4v) is 2.79. The van der Waals surface area contributed by atoms with E-state index in [0.29, 0.717) is 5.92 Å². The molecule has 0 aromatic heterocycles. The van der Waals surface area contributed by atoms with Gasteiger partial charge in [0.05, 0.1) is 6.10 Å². The van der Waals surface area contributed by atoms with E-state index in [1.807, 2.05) is 30.3 Å². The Kier molecular flexibility index (Phi) is 5.56. The van der Waals surface area contributed by atoms with Gasteiger partial charge in [-0.3, -0.25) is 4.79 Å². The average Bonchev–Trinajstić information content (AvgIpc) is 2.53. The molecule has 0 spiro atoms. The molecule has 1 saturated carbocycles. The van der Waals surface area contributed by atoms with Crippen LogP contribution in [-0.2, 0) is 4.79 Å². The number of nitrogens with two attached hydrogens (primary N) is 1. The van der Waals surface area contributed by atoms with Gasteiger partial charge in [-0.25, -0.2) is 0 Å². The second-order valence-corrected chi connectivity index (χ2v) is 5.62. The number of hydrogen-bond donors (Lipinski definition) is 3. The lowest BCUT2D eigenvalue weighted by atomic mass is 9.81. The predicted octanol–water partition coefficient (Wildman–Crippen LogP) is 1.60. The number of aliphatic hydroxyl groups is 1. The van der Waals surface area contributed by atoms with Crippen LogP contribution in [0.25, 0.3) is 0 Å². The highest BCUT2D eigenvalue weighted by atomic mass is 16.3. The average molecular weight is 276 g/mol. The Morgan fingerprint density at radius 3 is 2.50 bits per heavy atom. The van der Waals surface area contributed by atoms with Crippen LogP contribution in [0.2, 0.25) is 0 Å². The van der Waals surface area contributed by atoms with Gasteiger partial charge in [-0.2, -0.15) is 0 Å². The fraction of sp³-hybridized carbons (Fsp3) is 0.562. The van der Waals surface area contributed by atoms with Crippen molar-refractivity contribution in [1.29, 1.82) is 0 Å². The van der Waals surface area contributed by atoms with Crippen molar-refractivity contribution in [2.24, 2.45) is 17.6 Å². The van der Waals surface area contributed by atoms with Crippen LogP contribution in [0, 0.1) is 11.8 Å². The molecule has 2 rings (SSSR count). The first-order chi connectivity index (χ1) is 9.70. The molecule has 1 aliphatic carbocycles. The molecule has 1 atom stereocenters. The molecule has 0 heterocycles. The van der Waals surface area contributed by atoms with Gasteiger partial charge >= 0.3 is 0 Å².